The fraction of sp³-hybridized carbons (Fsp3) is 0.636. The summed E-state index contributed by atoms with van der Waals surface area (Å²) in [5, 5.41) is 17.6. The van der Waals surface area contributed by atoms with Gasteiger partial charge in [-0.25, -0.2) is 0 Å². The molecular formula is C11H14O6. The number of rotatable bonds is 5. The molecule has 1 saturated carbocycles. The van der Waals surface area contributed by atoms with Crippen LogP contribution in [-0.2, 0) is 19.2 Å². The third-order valence-corrected chi connectivity index (χ3v) is 3.18. The van der Waals surface area contributed by atoms with Crippen LogP contribution in [0.25, 0.3) is 0 Å². The predicted molar refractivity (Wildman–Crippen MR) is 55.3 cm³/mol. The van der Waals surface area contributed by atoms with E-state index in [1.54, 1.807) is 0 Å². The van der Waals surface area contributed by atoms with Crippen molar-refractivity contribution >= 4 is 23.5 Å². The highest BCUT2D eigenvalue weighted by Gasteiger charge is 2.48. The Hall–Kier alpha value is -1.72. The average molecular weight is 242 g/mol. The highest BCUT2D eigenvalue weighted by atomic mass is 16.4. The lowest BCUT2D eigenvalue weighted by Crippen LogP contribution is -2.29. The van der Waals surface area contributed by atoms with Gasteiger partial charge in [0.15, 0.2) is 0 Å². The Morgan fingerprint density at radius 2 is 1.88 bits per heavy atom. The molecule has 94 valence electrons. The molecule has 0 spiro atoms. The molecule has 6 nitrogen and oxygen atoms in total. The van der Waals surface area contributed by atoms with Gasteiger partial charge in [-0.1, -0.05) is 0 Å². The van der Waals surface area contributed by atoms with E-state index >= 15 is 0 Å². The van der Waals surface area contributed by atoms with E-state index in [2.05, 4.69) is 0 Å². The van der Waals surface area contributed by atoms with Crippen molar-refractivity contribution < 1.29 is 29.4 Å². The zero-order valence-corrected chi connectivity index (χ0v) is 9.38. The quantitative estimate of drug-likeness (QED) is 0.719. The van der Waals surface area contributed by atoms with Crippen molar-refractivity contribution in [1.82, 2.24) is 0 Å². The normalized spacial score (nSPS) is 28.1. The maximum absolute atomic E-state index is 11.6. The minimum Gasteiger partial charge on any atom is -0.481 e. The number of carbonyl (C=O) groups is 4. The lowest BCUT2D eigenvalue weighted by atomic mass is 9.85. The second kappa shape index (κ2) is 5.07. The van der Waals surface area contributed by atoms with Gasteiger partial charge in [0.2, 0.25) is 0 Å². The van der Waals surface area contributed by atoms with Gasteiger partial charge in [0.25, 0.3) is 0 Å². The van der Waals surface area contributed by atoms with Crippen LogP contribution < -0.4 is 0 Å². The van der Waals surface area contributed by atoms with Crippen LogP contribution in [0.3, 0.4) is 0 Å². The molecule has 1 aliphatic rings. The van der Waals surface area contributed by atoms with Gasteiger partial charge in [0.1, 0.15) is 11.6 Å². The Kier molecular flexibility index (Phi) is 3.98. The Morgan fingerprint density at radius 3 is 2.29 bits per heavy atom. The van der Waals surface area contributed by atoms with Crippen molar-refractivity contribution in [3.8, 4) is 0 Å². The fourth-order valence-corrected chi connectivity index (χ4v) is 2.34. The molecule has 0 amide bonds. The lowest BCUT2D eigenvalue weighted by Gasteiger charge is -2.17. The van der Waals surface area contributed by atoms with E-state index in [1.807, 2.05) is 0 Å². The van der Waals surface area contributed by atoms with Gasteiger partial charge in [-0.3, -0.25) is 19.2 Å². The summed E-state index contributed by atoms with van der Waals surface area (Å²) in [4.78, 5) is 44.4. The van der Waals surface area contributed by atoms with Crippen LogP contribution in [0.15, 0.2) is 0 Å². The minimum atomic E-state index is -1.20. The van der Waals surface area contributed by atoms with Crippen LogP contribution in [0.1, 0.15) is 26.2 Å². The van der Waals surface area contributed by atoms with E-state index in [4.69, 9.17) is 10.2 Å². The molecule has 0 aliphatic heterocycles. The number of Topliss-reactive ketones (excluding diaryl/α,β-unsaturated/α-hetero) is 2. The van der Waals surface area contributed by atoms with Crippen molar-refractivity contribution in [2.24, 2.45) is 17.8 Å². The van der Waals surface area contributed by atoms with Crippen LogP contribution >= 0.6 is 0 Å². The molecule has 0 radical (unpaired) electrons. The molecule has 0 aromatic rings. The third kappa shape index (κ3) is 2.89. The van der Waals surface area contributed by atoms with Gasteiger partial charge in [-0.05, 0) is 13.3 Å². The summed E-state index contributed by atoms with van der Waals surface area (Å²) in [5.74, 6) is -5.65. The monoisotopic (exact) mass is 242 g/mol. The Balaban J connectivity index is 2.86. The van der Waals surface area contributed by atoms with Crippen LogP contribution in [0.2, 0.25) is 0 Å². The SMILES string of the molecule is CC(=O)C1CC(=O)C(CCC(=O)O)C1C(=O)O. The summed E-state index contributed by atoms with van der Waals surface area (Å²) < 4.78 is 0. The molecular weight excluding hydrogens is 228 g/mol. The van der Waals surface area contributed by atoms with Gasteiger partial charge in [-0.2, -0.15) is 0 Å². The van der Waals surface area contributed by atoms with Crippen LogP contribution in [-0.4, -0.2) is 33.7 Å². The first-order valence-electron chi connectivity index (χ1n) is 5.32. The van der Waals surface area contributed by atoms with E-state index in [0.717, 1.165) is 0 Å². The molecule has 6 heteroatoms. The Morgan fingerprint density at radius 1 is 1.29 bits per heavy atom. The van der Waals surface area contributed by atoms with Gasteiger partial charge in [-0.15, -0.1) is 0 Å². The first-order chi connectivity index (χ1) is 7.84. The molecule has 3 atom stereocenters. The van der Waals surface area contributed by atoms with Gasteiger partial charge < -0.3 is 10.2 Å². The maximum atomic E-state index is 11.6. The number of hydrogen-bond acceptors (Lipinski definition) is 4. The molecule has 0 saturated heterocycles. The highest BCUT2D eigenvalue weighted by molar-refractivity contribution is 5.98. The topological polar surface area (TPSA) is 109 Å². The second-order valence-electron chi connectivity index (χ2n) is 4.29. The average Bonchev–Trinajstić information content (AvgIpc) is 2.52. The Labute approximate surface area is 97.6 Å². The summed E-state index contributed by atoms with van der Waals surface area (Å²) in [6.45, 7) is 1.26. The molecule has 1 rings (SSSR count). The molecule has 3 unspecified atom stereocenters. The zero-order valence-electron chi connectivity index (χ0n) is 9.38. The predicted octanol–water partition coefficient (Wildman–Crippen LogP) is 0.346. The molecule has 0 aromatic heterocycles. The Bertz CT molecular complexity index is 372. The van der Waals surface area contributed by atoms with Crippen molar-refractivity contribution in [1.29, 1.82) is 0 Å². The number of carboxylic acid groups (broad SMARTS) is 2. The number of hydrogen-bond donors (Lipinski definition) is 2. The molecule has 0 aromatic carbocycles. The van der Waals surface area contributed by atoms with E-state index in [-0.39, 0.29) is 30.8 Å². The lowest BCUT2D eigenvalue weighted by molar-refractivity contribution is -0.148. The molecule has 2 N–H and O–H groups in total. The molecule has 1 aliphatic carbocycles. The van der Waals surface area contributed by atoms with Crippen molar-refractivity contribution in [2.75, 3.05) is 0 Å². The van der Waals surface area contributed by atoms with Gasteiger partial charge in [0, 0.05) is 24.7 Å². The number of aliphatic carboxylic acids is 2. The smallest absolute Gasteiger partial charge is 0.307 e. The van der Waals surface area contributed by atoms with Crippen LogP contribution in [0.5, 0.6) is 0 Å². The van der Waals surface area contributed by atoms with Crippen molar-refractivity contribution in [3.63, 3.8) is 0 Å². The standard InChI is InChI=1S/C11H14O6/c1-5(12)7-4-8(13)6(2-3-9(14)15)10(7)11(16)17/h6-7,10H,2-4H2,1H3,(H,14,15)(H,16,17). The summed E-state index contributed by atoms with van der Waals surface area (Å²) in [5.41, 5.74) is 0. The number of carbonyl (C=O) groups excluding carboxylic acids is 2. The first-order valence-corrected chi connectivity index (χ1v) is 5.32. The van der Waals surface area contributed by atoms with Gasteiger partial charge in [0.05, 0.1) is 5.92 Å². The largest absolute Gasteiger partial charge is 0.481 e. The number of carboxylic acids is 2. The zero-order chi connectivity index (χ0) is 13.2. The van der Waals surface area contributed by atoms with E-state index < -0.39 is 29.7 Å². The summed E-state index contributed by atoms with van der Waals surface area (Å²) in [6, 6.07) is 0. The molecule has 0 bridgehead atoms. The maximum Gasteiger partial charge on any atom is 0.307 e. The molecule has 0 heterocycles. The van der Waals surface area contributed by atoms with E-state index in [1.165, 1.54) is 6.92 Å². The van der Waals surface area contributed by atoms with E-state index in [9.17, 15) is 19.2 Å². The molecule has 17 heavy (non-hydrogen) atoms. The highest BCUT2D eigenvalue weighted by Crippen LogP contribution is 2.37. The number of ketones is 2. The third-order valence-electron chi connectivity index (χ3n) is 3.18. The summed E-state index contributed by atoms with van der Waals surface area (Å²) in [6.07, 6.45) is -0.365. The fourth-order valence-electron chi connectivity index (χ4n) is 2.34. The van der Waals surface area contributed by atoms with Crippen LogP contribution in [0.4, 0.5) is 0 Å². The minimum absolute atomic E-state index is 0.0189. The summed E-state index contributed by atoms with van der Waals surface area (Å²) in [7, 11) is 0. The van der Waals surface area contributed by atoms with Crippen molar-refractivity contribution in [2.45, 2.75) is 26.2 Å². The van der Waals surface area contributed by atoms with Gasteiger partial charge >= 0.3 is 11.9 Å². The van der Waals surface area contributed by atoms with E-state index in [0.29, 0.717) is 0 Å². The van der Waals surface area contributed by atoms with Crippen LogP contribution in [0, 0.1) is 17.8 Å². The summed E-state index contributed by atoms with van der Waals surface area (Å²) >= 11 is 0. The second-order valence-corrected chi connectivity index (χ2v) is 4.29. The van der Waals surface area contributed by atoms with Crippen molar-refractivity contribution in [3.05, 3.63) is 0 Å². The molecule has 1 fully saturated rings. The first kappa shape index (κ1) is 13.3.